The van der Waals surface area contributed by atoms with Crippen LogP contribution in [0, 0.1) is 19.8 Å². The molecule has 1 aliphatic carbocycles. The Bertz CT molecular complexity index is 430. The Balaban J connectivity index is 1.95. The van der Waals surface area contributed by atoms with E-state index in [1.165, 1.54) is 32.1 Å². The third-order valence-electron chi connectivity index (χ3n) is 4.01. The van der Waals surface area contributed by atoms with Gasteiger partial charge in [0.25, 0.3) is 5.91 Å². The van der Waals surface area contributed by atoms with Crippen molar-refractivity contribution < 1.29 is 4.79 Å². The Kier molecular flexibility index (Phi) is 4.04. The van der Waals surface area contributed by atoms with Crippen LogP contribution in [0.5, 0.6) is 0 Å². The van der Waals surface area contributed by atoms with Crippen LogP contribution >= 0.6 is 0 Å². The predicted molar refractivity (Wildman–Crippen MR) is 71.6 cm³/mol. The van der Waals surface area contributed by atoms with E-state index < -0.39 is 0 Å². The van der Waals surface area contributed by atoms with Crippen LogP contribution in [0.1, 0.15) is 53.8 Å². The minimum Gasteiger partial charge on any atom is -0.352 e. The molecule has 1 aliphatic rings. The minimum absolute atomic E-state index is 0.0312. The van der Waals surface area contributed by atoms with Gasteiger partial charge in [0.1, 0.15) is 0 Å². The third kappa shape index (κ3) is 2.74. The van der Waals surface area contributed by atoms with E-state index in [1.54, 1.807) is 4.68 Å². The van der Waals surface area contributed by atoms with Crippen molar-refractivity contribution in [2.24, 2.45) is 13.0 Å². The molecule has 1 fully saturated rings. The lowest BCUT2D eigenvalue weighted by Gasteiger charge is -2.21. The van der Waals surface area contributed by atoms with Crippen molar-refractivity contribution in [3.63, 3.8) is 0 Å². The highest BCUT2D eigenvalue weighted by Crippen LogP contribution is 2.23. The van der Waals surface area contributed by atoms with E-state index in [0.717, 1.165) is 23.5 Å². The van der Waals surface area contributed by atoms with E-state index in [1.807, 2.05) is 20.9 Å². The zero-order chi connectivity index (χ0) is 13.1. The number of aromatic nitrogens is 2. The maximum absolute atomic E-state index is 12.2. The lowest BCUT2D eigenvalue weighted by molar-refractivity contribution is 0.0942. The summed E-state index contributed by atoms with van der Waals surface area (Å²) in [7, 11) is 1.88. The summed E-state index contributed by atoms with van der Waals surface area (Å²) >= 11 is 0. The van der Waals surface area contributed by atoms with Crippen molar-refractivity contribution in [2.75, 3.05) is 6.54 Å². The molecule has 1 aromatic heterocycles. The van der Waals surface area contributed by atoms with Gasteiger partial charge in [-0.1, -0.05) is 19.3 Å². The molecular formula is C14H23N3O. The summed E-state index contributed by atoms with van der Waals surface area (Å²) < 4.78 is 1.77. The number of nitrogens with zero attached hydrogens (tertiary/aromatic N) is 2. The highest BCUT2D eigenvalue weighted by atomic mass is 16.1. The Morgan fingerprint density at radius 1 is 1.33 bits per heavy atom. The second kappa shape index (κ2) is 5.55. The first kappa shape index (κ1) is 13.1. The molecule has 1 saturated carbocycles. The maximum Gasteiger partial charge on any atom is 0.255 e. The van der Waals surface area contributed by atoms with Gasteiger partial charge in [-0.25, -0.2) is 0 Å². The Hall–Kier alpha value is -1.32. The first-order chi connectivity index (χ1) is 8.59. The number of hydrogen-bond acceptors (Lipinski definition) is 2. The highest BCUT2D eigenvalue weighted by molar-refractivity contribution is 5.96. The molecular weight excluding hydrogens is 226 g/mol. The molecule has 0 aromatic carbocycles. The fourth-order valence-corrected chi connectivity index (χ4v) is 2.82. The summed E-state index contributed by atoms with van der Waals surface area (Å²) in [6, 6.07) is 0. The summed E-state index contributed by atoms with van der Waals surface area (Å²) in [5.74, 6) is 0.698. The third-order valence-corrected chi connectivity index (χ3v) is 4.01. The molecule has 0 bridgehead atoms. The van der Waals surface area contributed by atoms with E-state index in [0.29, 0.717) is 5.92 Å². The molecule has 0 spiro atoms. The van der Waals surface area contributed by atoms with Crippen molar-refractivity contribution >= 4 is 5.91 Å². The normalized spacial score (nSPS) is 16.8. The van der Waals surface area contributed by atoms with Crippen LogP contribution in [0.4, 0.5) is 0 Å². The van der Waals surface area contributed by atoms with Crippen LogP contribution in [-0.2, 0) is 7.05 Å². The molecule has 2 rings (SSSR count). The van der Waals surface area contributed by atoms with Crippen molar-refractivity contribution in [3.8, 4) is 0 Å². The lowest BCUT2D eigenvalue weighted by atomic mass is 9.89. The van der Waals surface area contributed by atoms with Gasteiger partial charge in [0.15, 0.2) is 0 Å². The number of nitrogens with one attached hydrogen (secondary N) is 1. The number of hydrogen-bond donors (Lipinski definition) is 1. The summed E-state index contributed by atoms with van der Waals surface area (Å²) in [4.78, 5) is 12.2. The molecule has 1 N–H and O–H groups in total. The molecule has 4 nitrogen and oxygen atoms in total. The van der Waals surface area contributed by atoms with E-state index in [4.69, 9.17) is 0 Å². The minimum atomic E-state index is 0.0312. The SMILES string of the molecule is Cc1nn(C)c(C)c1C(=O)NCC1CCCCC1. The second-order valence-electron chi connectivity index (χ2n) is 5.38. The molecule has 0 radical (unpaired) electrons. The van der Waals surface area contributed by atoms with E-state index in [2.05, 4.69) is 10.4 Å². The van der Waals surface area contributed by atoms with Crippen LogP contribution in [0.2, 0.25) is 0 Å². The smallest absolute Gasteiger partial charge is 0.255 e. The molecule has 100 valence electrons. The van der Waals surface area contributed by atoms with Crippen LogP contribution in [0.3, 0.4) is 0 Å². The molecule has 1 aromatic rings. The average Bonchev–Trinajstić information content (AvgIpc) is 2.62. The standard InChI is InChI=1S/C14H23N3O/c1-10-13(11(2)17(3)16-10)14(18)15-9-12-7-5-4-6-8-12/h12H,4-9H2,1-3H3,(H,15,18). The van der Waals surface area contributed by atoms with Gasteiger partial charge in [0, 0.05) is 19.3 Å². The average molecular weight is 249 g/mol. The molecule has 4 heteroatoms. The summed E-state index contributed by atoms with van der Waals surface area (Å²) in [5.41, 5.74) is 2.50. The first-order valence-electron chi connectivity index (χ1n) is 6.88. The van der Waals surface area contributed by atoms with Crippen LogP contribution in [0.25, 0.3) is 0 Å². The molecule has 0 aliphatic heterocycles. The molecule has 1 amide bonds. The van der Waals surface area contributed by atoms with Crippen LogP contribution < -0.4 is 5.32 Å². The topological polar surface area (TPSA) is 46.9 Å². The number of carbonyl (C=O) groups is 1. The van der Waals surface area contributed by atoms with Gasteiger partial charge in [-0.15, -0.1) is 0 Å². The van der Waals surface area contributed by atoms with E-state index >= 15 is 0 Å². The Morgan fingerprint density at radius 3 is 2.56 bits per heavy atom. The fourth-order valence-electron chi connectivity index (χ4n) is 2.82. The van der Waals surface area contributed by atoms with Gasteiger partial charge in [-0.2, -0.15) is 5.10 Å². The van der Waals surface area contributed by atoms with Crippen LogP contribution in [-0.4, -0.2) is 22.2 Å². The van der Waals surface area contributed by atoms with E-state index in [9.17, 15) is 4.79 Å². The predicted octanol–water partition coefficient (Wildman–Crippen LogP) is 2.35. The van der Waals surface area contributed by atoms with Crippen molar-refractivity contribution in [1.29, 1.82) is 0 Å². The number of aryl methyl sites for hydroxylation is 2. The van der Waals surface area contributed by atoms with Gasteiger partial charge in [0.05, 0.1) is 11.3 Å². The Morgan fingerprint density at radius 2 is 2.00 bits per heavy atom. The van der Waals surface area contributed by atoms with Crippen molar-refractivity contribution in [2.45, 2.75) is 46.0 Å². The number of amides is 1. The quantitative estimate of drug-likeness (QED) is 0.893. The molecule has 0 unspecified atom stereocenters. The van der Waals surface area contributed by atoms with Crippen molar-refractivity contribution in [1.82, 2.24) is 15.1 Å². The molecule has 0 atom stereocenters. The zero-order valence-corrected chi connectivity index (χ0v) is 11.6. The van der Waals surface area contributed by atoms with Gasteiger partial charge in [-0.3, -0.25) is 9.48 Å². The monoisotopic (exact) mass is 249 g/mol. The Labute approximate surface area is 109 Å². The highest BCUT2D eigenvalue weighted by Gasteiger charge is 2.19. The number of carbonyl (C=O) groups excluding carboxylic acids is 1. The molecule has 0 saturated heterocycles. The zero-order valence-electron chi connectivity index (χ0n) is 11.6. The van der Waals surface area contributed by atoms with Gasteiger partial charge in [0.2, 0.25) is 0 Å². The fraction of sp³-hybridized carbons (Fsp3) is 0.714. The van der Waals surface area contributed by atoms with Gasteiger partial charge < -0.3 is 5.32 Å². The first-order valence-corrected chi connectivity index (χ1v) is 6.88. The van der Waals surface area contributed by atoms with Crippen molar-refractivity contribution in [3.05, 3.63) is 17.0 Å². The summed E-state index contributed by atoms with van der Waals surface area (Å²) in [5, 5.41) is 7.35. The largest absolute Gasteiger partial charge is 0.352 e. The lowest BCUT2D eigenvalue weighted by Crippen LogP contribution is -2.30. The van der Waals surface area contributed by atoms with Gasteiger partial charge in [-0.05, 0) is 32.6 Å². The summed E-state index contributed by atoms with van der Waals surface area (Å²) in [6.07, 6.45) is 6.48. The molecule has 1 heterocycles. The van der Waals surface area contributed by atoms with Gasteiger partial charge >= 0.3 is 0 Å². The summed E-state index contributed by atoms with van der Waals surface area (Å²) in [6.45, 7) is 4.64. The maximum atomic E-state index is 12.2. The molecule has 18 heavy (non-hydrogen) atoms. The second-order valence-corrected chi connectivity index (χ2v) is 5.38. The van der Waals surface area contributed by atoms with Crippen LogP contribution in [0.15, 0.2) is 0 Å². The van der Waals surface area contributed by atoms with E-state index in [-0.39, 0.29) is 5.91 Å². The number of rotatable bonds is 3.